The Labute approximate surface area is 221 Å². The van der Waals surface area contributed by atoms with Crippen molar-refractivity contribution in [1.29, 1.82) is 0 Å². The highest BCUT2D eigenvalue weighted by Gasteiger charge is 2.20. The van der Waals surface area contributed by atoms with Crippen LogP contribution in [0.2, 0.25) is 0 Å². The molecule has 1 saturated heterocycles. The number of carbonyl (C=O) groups excluding carboxylic acids is 1. The maximum atomic E-state index is 13.4. The van der Waals surface area contributed by atoms with E-state index in [1.54, 1.807) is 22.0 Å². The van der Waals surface area contributed by atoms with E-state index in [0.717, 1.165) is 66.9 Å². The zero-order valence-electron chi connectivity index (χ0n) is 21.6. The number of hydrogen-bond donors (Lipinski definition) is 2. The van der Waals surface area contributed by atoms with E-state index >= 15 is 0 Å². The molecule has 0 bridgehead atoms. The second kappa shape index (κ2) is 11.4. The number of carbonyl (C=O) groups is 1. The molecule has 37 heavy (non-hydrogen) atoms. The number of piperazine rings is 1. The molecule has 0 aromatic carbocycles. The van der Waals surface area contributed by atoms with Crippen LogP contribution in [0, 0.1) is 0 Å². The molecule has 10 heteroatoms. The first-order chi connectivity index (χ1) is 18.1. The minimum Gasteiger partial charge on any atom is -0.354 e. The molecule has 1 amide bonds. The molecule has 1 fully saturated rings. The first-order valence-corrected chi connectivity index (χ1v) is 13.8. The first kappa shape index (κ1) is 25.3. The standard InChI is InChI=1S/C27H34N8OS/c1-4-33(5-2)19(3)17-29-27(36)20-15-23(31-25(16-20)34-12-9-28-10-13-34)21-18-30-35-11-8-22(32-26(21)35)24-7-6-14-37-24/h6-8,11,14-16,18-19,28H,4-5,9-10,12-13,17H2,1-3H3,(H,29,36). The highest BCUT2D eigenvalue weighted by Crippen LogP contribution is 2.29. The van der Waals surface area contributed by atoms with Gasteiger partial charge in [-0.3, -0.25) is 9.69 Å². The van der Waals surface area contributed by atoms with Crippen molar-refractivity contribution in [2.75, 3.05) is 50.7 Å². The summed E-state index contributed by atoms with van der Waals surface area (Å²) < 4.78 is 1.76. The van der Waals surface area contributed by atoms with Crippen molar-refractivity contribution in [3.63, 3.8) is 0 Å². The van der Waals surface area contributed by atoms with Crippen molar-refractivity contribution in [1.82, 2.24) is 35.1 Å². The number of pyridine rings is 1. The molecule has 4 aromatic heterocycles. The maximum Gasteiger partial charge on any atom is 0.251 e. The molecule has 4 aromatic rings. The number of rotatable bonds is 9. The number of anilines is 1. The largest absolute Gasteiger partial charge is 0.354 e. The van der Waals surface area contributed by atoms with Crippen molar-refractivity contribution in [3.05, 3.63) is 53.7 Å². The zero-order valence-corrected chi connectivity index (χ0v) is 22.5. The molecule has 1 unspecified atom stereocenters. The van der Waals surface area contributed by atoms with Crippen molar-refractivity contribution >= 4 is 28.7 Å². The molecule has 9 nitrogen and oxygen atoms in total. The lowest BCUT2D eigenvalue weighted by Gasteiger charge is -2.29. The van der Waals surface area contributed by atoms with Gasteiger partial charge < -0.3 is 15.5 Å². The smallest absolute Gasteiger partial charge is 0.251 e. The van der Waals surface area contributed by atoms with Crippen LogP contribution in [0.25, 0.3) is 27.5 Å². The van der Waals surface area contributed by atoms with E-state index in [0.29, 0.717) is 17.8 Å². The van der Waals surface area contributed by atoms with Gasteiger partial charge in [-0.1, -0.05) is 19.9 Å². The lowest BCUT2D eigenvalue weighted by atomic mass is 10.1. The van der Waals surface area contributed by atoms with Crippen LogP contribution in [0.3, 0.4) is 0 Å². The van der Waals surface area contributed by atoms with Gasteiger partial charge >= 0.3 is 0 Å². The average molecular weight is 519 g/mol. The van der Waals surface area contributed by atoms with Gasteiger partial charge in [0.15, 0.2) is 5.65 Å². The summed E-state index contributed by atoms with van der Waals surface area (Å²) >= 11 is 1.65. The molecule has 5 heterocycles. The Morgan fingerprint density at radius 1 is 1.16 bits per heavy atom. The van der Waals surface area contributed by atoms with Gasteiger partial charge in [0.05, 0.1) is 28.0 Å². The number of nitrogens with zero attached hydrogens (tertiary/aromatic N) is 6. The SMILES string of the molecule is CCN(CC)C(C)CNC(=O)c1cc(-c2cnn3ccc(-c4cccs4)nc23)nc(N2CCNCC2)c1. The van der Waals surface area contributed by atoms with Crippen molar-refractivity contribution < 1.29 is 4.79 Å². The number of thiophene rings is 1. The minimum absolute atomic E-state index is 0.0947. The van der Waals surface area contributed by atoms with Gasteiger partial charge in [0.2, 0.25) is 0 Å². The molecule has 2 N–H and O–H groups in total. The van der Waals surface area contributed by atoms with E-state index < -0.39 is 0 Å². The first-order valence-electron chi connectivity index (χ1n) is 13.0. The van der Waals surface area contributed by atoms with Crippen LogP contribution in [0.5, 0.6) is 0 Å². The van der Waals surface area contributed by atoms with Crippen molar-refractivity contribution in [3.8, 4) is 21.8 Å². The fourth-order valence-corrected chi connectivity index (χ4v) is 5.47. The van der Waals surface area contributed by atoms with Crippen molar-refractivity contribution in [2.45, 2.75) is 26.8 Å². The van der Waals surface area contributed by atoms with E-state index in [9.17, 15) is 4.79 Å². The summed E-state index contributed by atoms with van der Waals surface area (Å²) in [5, 5.41) is 13.1. The average Bonchev–Trinajstić information content (AvgIpc) is 3.63. The molecule has 0 spiro atoms. The molecular formula is C27H34N8OS. The van der Waals surface area contributed by atoms with Gasteiger partial charge in [-0.2, -0.15) is 5.10 Å². The van der Waals surface area contributed by atoms with E-state index in [1.165, 1.54) is 0 Å². The van der Waals surface area contributed by atoms with Crippen LogP contribution in [0.4, 0.5) is 5.82 Å². The van der Waals surface area contributed by atoms with Gasteiger partial charge in [0, 0.05) is 50.5 Å². The summed E-state index contributed by atoms with van der Waals surface area (Å²) in [5.41, 5.74) is 3.71. The normalized spacial score (nSPS) is 14.9. The highest BCUT2D eigenvalue weighted by atomic mass is 32.1. The van der Waals surface area contributed by atoms with Gasteiger partial charge in [-0.15, -0.1) is 11.3 Å². The number of nitrogens with one attached hydrogen (secondary N) is 2. The molecule has 0 saturated carbocycles. The summed E-state index contributed by atoms with van der Waals surface area (Å²) in [6.45, 7) is 12.4. The molecule has 1 aliphatic rings. The van der Waals surface area contributed by atoms with Crippen LogP contribution in [-0.2, 0) is 0 Å². The Morgan fingerprint density at radius 3 is 2.70 bits per heavy atom. The third-order valence-corrected chi connectivity index (χ3v) is 7.82. The number of amides is 1. The molecular weight excluding hydrogens is 484 g/mol. The summed E-state index contributed by atoms with van der Waals surface area (Å²) in [6, 6.07) is 10.1. The van der Waals surface area contributed by atoms with Gasteiger partial charge in [-0.25, -0.2) is 14.5 Å². The molecule has 5 rings (SSSR count). The van der Waals surface area contributed by atoms with E-state index in [-0.39, 0.29) is 11.9 Å². The summed E-state index contributed by atoms with van der Waals surface area (Å²) in [4.78, 5) is 28.9. The third kappa shape index (κ3) is 5.51. The lowest BCUT2D eigenvalue weighted by molar-refractivity contribution is 0.0938. The molecule has 1 atom stereocenters. The third-order valence-electron chi connectivity index (χ3n) is 6.93. The monoisotopic (exact) mass is 518 g/mol. The number of likely N-dealkylation sites (N-methyl/N-ethyl adjacent to an activating group) is 1. The summed E-state index contributed by atoms with van der Waals surface area (Å²) in [7, 11) is 0. The van der Waals surface area contributed by atoms with Crippen molar-refractivity contribution in [2.24, 2.45) is 0 Å². The van der Waals surface area contributed by atoms with Crippen LogP contribution in [-0.4, -0.2) is 82.2 Å². The summed E-state index contributed by atoms with van der Waals surface area (Å²) in [5.74, 6) is 0.706. The Bertz CT molecular complexity index is 1340. The van der Waals surface area contributed by atoms with E-state index in [4.69, 9.17) is 9.97 Å². The lowest BCUT2D eigenvalue weighted by Crippen LogP contribution is -2.44. The number of hydrogen-bond acceptors (Lipinski definition) is 8. The Balaban J connectivity index is 1.50. The topological polar surface area (TPSA) is 90.7 Å². The highest BCUT2D eigenvalue weighted by molar-refractivity contribution is 7.13. The minimum atomic E-state index is -0.0947. The second-order valence-electron chi connectivity index (χ2n) is 9.23. The van der Waals surface area contributed by atoms with E-state index in [1.807, 2.05) is 35.8 Å². The van der Waals surface area contributed by atoms with E-state index in [2.05, 4.69) is 52.4 Å². The van der Waals surface area contributed by atoms with Gasteiger partial charge in [0.25, 0.3) is 5.91 Å². The Morgan fingerprint density at radius 2 is 1.97 bits per heavy atom. The second-order valence-corrected chi connectivity index (χ2v) is 10.2. The Hall–Kier alpha value is -3.34. The van der Waals surface area contributed by atoms with Crippen LogP contribution in [0.15, 0.2) is 48.1 Å². The van der Waals surface area contributed by atoms with Gasteiger partial charge in [0.1, 0.15) is 5.82 Å². The predicted molar refractivity (Wildman–Crippen MR) is 149 cm³/mol. The fraction of sp³-hybridized carbons (Fsp3) is 0.407. The summed E-state index contributed by atoms with van der Waals surface area (Å²) in [6.07, 6.45) is 3.71. The fourth-order valence-electron chi connectivity index (χ4n) is 4.77. The molecule has 0 aliphatic carbocycles. The quantitative estimate of drug-likeness (QED) is 0.351. The van der Waals surface area contributed by atoms with Crippen LogP contribution >= 0.6 is 11.3 Å². The molecule has 1 aliphatic heterocycles. The van der Waals surface area contributed by atoms with Gasteiger partial charge in [-0.05, 0) is 49.7 Å². The zero-order chi connectivity index (χ0) is 25.8. The molecule has 194 valence electrons. The maximum absolute atomic E-state index is 13.4. The Kier molecular flexibility index (Phi) is 7.78. The molecule has 0 radical (unpaired) electrons. The van der Waals surface area contributed by atoms with Crippen LogP contribution in [0.1, 0.15) is 31.1 Å². The number of fused-ring (bicyclic) bond motifs is 1. The van der Waals surface area contributed by atoms with Crippen LogP contribution < -0.4 is 15.5 Å². The predicted octanol–water partition coefficient (Wildman–Crippen LogP) is 3.39. The number of aromatic nitrogens is 4.